The van der Waals surface area contributed by atoms with Crippen LogP contribution in [0.2, 0.25) is 0 Å². The smallest absolute Gasteiger partial charge is 0.133 e. The average Bonchev–Trinajstić information content (AvgIpc) is 2.92. The average molecular weight is 262 g/mol. The Bertz CT molecular complexity index is 310. The van der Waals surface area contributed by atoms with E-state index in [0.717, 1.165) is 15.8 Å². The zero-order chi connectivity index (χ0) is 9.26. The quantitative estimate of drug-likeness (QED) is 0.753. The lowest BCUT2D eigenvalue weighted by molar-refractivity contribution is 0.301. The third-order valence-corrected chi connectivity index (χ3v) is 2.90. The van der Waals surface area contributed by atoms with Crippen LogP contribution >= 0.6 is 27.5 Å². The molecule has 3 heteroatoms. The molecule has 1 fully saturated rings. The first-order valence-electron chi connectivity index (χ1n) is 4.30. The molecule has 0 radical (unpaired) electrons. The summed E-state index contributed by atoms with van der Waals surface area (Å²) >= 11 is 9.17. The van der Waals surface area contributed by atoms with Crippen LogP contribution in [0.25, 0.3) is 0 Å². The first-order chi connectivity index (χ1) is 6.29. The molecule has 0 heterocycles. The van der Waals surface area contributed by atoms with E-state index in [1.54, 1.807) is 0 Å². The summed E-state index contributed by atoms with van der Waals surface area (Å²) in [5.41, 5.74) is 1.11. The maximum atomic E-state index is 5.71. The summed E-state index contributed by atoms with van der Waals surface area (Å²) < 4.78 is 6.66. The molecule has 1 aliphatic rings. The second-order valence-corrected chi connectivity index (χ2v) is 4.34. The Morgan fingerprint density at radius 3 is 2.77 bits per heavy atom. The third-order valence-electron chi connectivity index (χ3n) is 1.97. The van der Waals surface area contributed by atoms with Gasteiger partial charge in [-0.2, -0.15) is 0 Å². The number of hydrogen-bond donors (Lipinski definition) is 0. The van der Waals surface area contributed by atoms with Crippen molar-refractivity contribution in [2.24, 2.45) is 0 Å². The number of hydrogen-bond acceptors (Lipinski definition) is 1. The van der Waals surface area contributed by atoms with Gasteiger partial charge in [-0.1, -0.05) is 6.07 Å². The van der Waals surface area contributed by atoms with Gasteiger partial charge in [-0.15, -0.1) is 11.6 Å². The van der Waals surface area contributed by atoms with Crippen molar-refractivity contribution < 1.29 is 4.74 Å². The fraction of sp³-hybridized carbons (Fsp3) is 0.400. The van der Waals surface area contributed by atoms with E-state index in [2.05, 4.69) is 15.9 Å². The van der Waals surface area contributed by atoms with Crippen LogP contribution < -0.4 is 4.74 Å². The molecule has 2 rings (SSSR count). The number of halogens is 2. The zero-order valence-corrected chi connectivity index (χ0v) is 9.44. The highest BCUT2D eigenvalue weighted by Gasteiger charge is 2.24. The van der Waals surface area contributed by atoms with Crippen LogP contribution in [-0.2, 0) is 5.88 Å². The van der Waals surface area contributed by atoms with Gasteiger partial charge in [0.1, 0.15) is 5.75 Å². The predicted octanol–water partition coefficient (Wildman–Crippen LogP) is 3.73. The highest BCUT2D eigenvalue weighted by Crippen LogP contribution is 2.32. The van der Waals surface area contributed by atoms with E-state index in [0.29, 0.717) is 12.0 Å². The first-order valence-corrected chi connectivity index (χ1v) is 5.63. The second-order valence-electron chi connectivity index (χ2n) is 3.22. The maximum Gasteiger partial charge on any atom is 0.133 e. The molecule has 0 atom stereocenters. The largest absolute Gasteiger partial charge is 0.489 e. The molecule has 0 aromatic heterocycles. The van der Waals surface area contributed by atoms with Gasteiger partial charge in [-0.25, -0.2) is 0 Å². The van der Waals surface area contributed by atoms with Gasteiger partial charge in [-0.3, -0.25) is 0 Å². The molecule has 0 bridgehead atoms. The minimum atomic E-state index is 0.443. The lowest BCUT2D eigenvalue weighted by atomic mass is 10.2. The maximum absolute atomic E-state index is 5.71. The van der Waals surface area contributed by atoms with Crippen LogP contribution in [0.1, 0.15) is 18.4 Å². The molecule has 1 nitrogen and oxygen atoms in total. The molecule has 13 heavy (non-hydrogen) atoms. The minimum absolute atomic E-state index is 0.443. The summed E-state index contributed by atoms with van der Waals surface area (Å²) in [5.74, 6) is 1.47. The first kappa shape index (κ1) is 9.35. The van der Waals surface area contributed by atoms with E-state index >= 15 is 0 Å². The zero-order valence-electron chi connectivity index (χ0n) is 7.09. The number of rotatable bonds is 3. The number of alkyl halides is 1. The van der Waals surface area contributed by atoms with Crippen LogP contribution in [0.3, 0.4) is 0 Å². The highest BCUT2D eigenvalue weighted by atomic mass is 79.9. The molecule has 1 aromatic carbocycles. The Morgan fingerprint density at radius 1 is 1.46 bits per heavy atom. The van der Waals surface area contributed by atoms with Gasteiger partial charge in [0.05, 0.1) is 10.6 Å². The Morgan fingerprint density at radius 2 is 2.23 bits per heavy atom. The van der Waals surface area contributed by atoms with Gasteiger partial charge < -0.3 is 4.74 Å². The highest BCUT2D eigenvalue weighted by molar-refractivity contribution is 9.10. The number of benzene rings is 1. The topological polar surface area (TPSA) is 9.23 Å². The second kappa shape index (κ2) is 3.89. The van der Waals surface area contributed by atoms with Gasteiger partial charge in [0.15, 0.2) is 0 Å². The van der Waals surface area contributed by atoms with Crippen molar-refractivity contribution in [2.75, 3.05) is 0 Å². The van der Waals surface area contributed by atoms with Crippen molar-refractivity contribution in [1.29, 1.82) is 0 Å². The Kier molecular flexibility index (Phi) is 2.80. The standard InChI is InChI=1S/C10H10BrClO/c11-9-5-7(6-12)1-4-10(9)13-8-2-3-8/h1,4-5,8H,2-3,6H2. The van der Waals surface area contributed by atoms with Crippen molar-refractivity contribution >= 4 is 27.5 Å². The molecule has 0 unspecified atom stereocenters. The molecule has 70 valence electrons. The molecular weight excluding hydrogens is 251 g/mol. The normalized spacial score (nSPS) is 15.8. The summed E-state index contributed by atoms with van der Waals surface area (Å²) in [7, 11) is 0. The fourth-order valence-corrected chi connectivity index (χ4v) is 1.77. The van der Waals surface area contributed by atoms with E-state index < -0.39 is 0 Å². The van der Waals surface area contributed by atoms with E-state index in [-0.39, 0.29) is 0 Å². The summed E-state index contributed by atoms with van der Waals surface area (Å²) in [6.45, 7) is 0. The SMILES string of the molecule is ClCc1ccc(OC2CC2)c(Br)c1. The van der Waals surface area contributed by atoms with Crippen LogP contribution in [0.4, 0.5) is 0 Å². The lowest BCUT2D eigenvalue weighted by Gasteiger charge is -2.07. The van der Waals surface area contributed by atoms with Gasteiger partial charge >= 0.3 is 0 Å². The van der Waals surface area contributed by atoms with E-state index in [9.17, 15) is 0 Å². The van der Waals surface area contributed by atoms with Crippen molar-refractivity contribution in [1.82, 2.24) is 0 Å². The summed E-state index contributed by atoms with van der Waals surface area (Å²) in [6.07, 6.45) is 2.81. The molecule has 0 amide bonds. The monoisotopic (exact) mass is 260 g/mol. The summed E-state index contributed by atoms with van der Waals surface area (Å²) in [6, 6.07) is 5.97. The molecule has 0 spiro atoms. The minimum Gasteiger partial charge on any atom is -0.489 e. The molecule has 1 aliphatic carbocycles. The van der Waals surface area contributed by atoms with Crippen molar-refractivity contribution in [3.63, 3.8) is 0 Å². The van der Waals surface area contributed by atoms with Gasteiger partial charge in [-0.05, 0) is 46.5 Å². The van der Waals surface area contributed by atoms with Gasteiger partial charge in [0, 0.05) is 5.88 Å². The van der Waals surface area contributed by atoms with Gasteiger partial charge in [0.25, 0.3) is 0 Å². The molecule has 0 aliphatic heterocycles. The van der Waals surface area contributed by atoms with Crippen LogP contribution in [0, 0.1) is 0 Å². The lowest BCUT2D eigenvalue weighted by Crippen LogP contribution is -1.96. The van der Waals surface area contributed by atoms with E-state index in [1.165, 1.54) is 12.8 Å². The number of ether oxygens (including phenoxy) is 1. The van der Waals surface area contributed by atoms with Gasteiger partial charge in [0.2, 0.25) is 0 Å². The van der Waals surface area contributed by atoms with E-state index in [1.807, 2.05) is 18.2 Å². The van der Waals surface area contributed by atoms with Crippen LogP contribution in [0.15, 0.2) is 22.7 Å². The fourth-order valence-electron chi connectivity index (χ4n) is 1.09. The molecular formula is C10H10BrClO. The van der Waals surface area contributed by atoms with E-state index in [4.69, 9.17) is 16.3 Å². The molecule has 0 N–H and O–H groups in total. The van der Waals surface area contributed by atoms with Crippen molar-refractivity contribution in [3.05, 3.63) is 28.2 Å². The third kappa shape index (κ3) is 2.38. The summed E-state index contributed by atoms with van der Waals surface area (Å²) in [4.78, 5) is 0. The Hall–Kier alpha value is -0.210. The molecule has 1 aromatic rings. The predicted molar refractivity (Wildman–Crippen MR) is 57.3 cm³/mol. The Balaban J connectivity index is 2.15. The molecule has 1 saturated carbocycles. The Labute approximate surface area is 91.2 Å². The van der Waals surface area contributed by atoms with Crippen molar-refractivity contribution in [3.8, 4) is 5.75 Å². The molecule has 0 saturated heterocycles. The van der Waals surface area contributed by atoms with Crippen molar-refractivity contribution in [2.45, 2.75) is 24.8 Å². The van der Waals surface area contributed by atoms with Crippen LogP contribution in [-0.4, -0.2) is 6.10 Å². The summed E-state index contributed by atoms with van der Waals surface area (Å²) in [5, 5.41) is 0. The van der Waals surface area contributed by atoms with Crippen LogP contribution in [0.5, 0.6) is 5.75 Å².